The lowest BCUT2D eigenvalue weighted by Gasteiger charge is -2.24. The number of phosphoric ester groups is 1. The molecular weight excluding hydrogens is 383 g/mol. The summed E-state index contributed by atoms with van der Waals surface area (Å²) in [6.45, 7) is 10.5. The van der Waals surface area contributed by atoms with E-state index in [1.807, 2.05) is 26.0 Å². The second-order valence-electron chi connectivity index (χ2n) is 8.55. The van der Waals surface area contributed by atoms with Gasteiger partial charge in [0.1, 0.15) is 0 Å². The molecule has 0 aromatic heterocycles. The van der Waals surface area contributed by atoms with Crippen molar-refractivity contribution in [2.75, 3.05) is 0 Å². The van der Waals surface area contributed by atoms with Gasteiger partial charge in [0.25, 0.3) is 0 Å². The lowest BCUT2D eigenvalue weighted by molar-refractivity contribution is 0.0962. The maximum Gasteiger partial charge on any atom is 0.469 e. The predicted molar refractivity (Wildman–Crippen MR) is 121 cm³/mol. The highest BCUT2D eigenvalue weighted by molar-refractivity contribution is 7.46. The first-order valence-corrected chi connectivity index (χ1v) is 11.9. The lowest BCUT2D eigenvalue weighted by atomic mass is 9.91. The Kier molecular flexibility index (Phi) is 11.4. The molecule has 0 heterocycles. The van der Waals surface area contributed by atoms with Gasteiger partial charge in [-0.3, -0.25) is 4.52 Å². The molecule has 0 aliphatic heterocycles. The number of benzene rings is 2. The van der Waals surface area contributed by atoms with Crippen LogP contribution in [-0.2, 0) is 9.09 Å². The van der Waals surface area contributed by atoms with E-state index in [-0.39, 0.29) is 6.10 Å². The fourth-order valence-electron chi connectivity index (χ4n) is 3.51. The van der Waals surface area contributed by atoms with Gasteiger partial charge in [0.15, 0.2) is 0 Å². The zero-order valence-corrected chi connectivity index (χ0v) is 19.3. The first-order valence-electron chi connectivity index (χ1n) is 10.4. The molecule has 4 nitrogen and oxygen atoms in total. The minimum Gasteiger partial charge on any atom is -0.303 e. The van der Waals surface area contributed by atoms with E-state index in [0.29, 0.717) is 30.6 Å². The van der Waals surface area contributed by atoms with Gasteiger partial charge in [-0.05, 0) is 48.1 Å². The van der Waals surface area contributed by atoms with Crippen molar-refractivity contribution in [3.63, 3.8) is 0 Å². The number of phosphoric acid groups is 1. The Balaban J connectivity index is 0.000000304. The van der Waals surface area contributed by atoms with Crippen LogP contribution in [0.2, 0.25) is 0 Å². The zero-order chi connectivity index (χ0) is 21.9. The zero-order valence-electron chi connectivity index (χ0n) is 18.4. The van der Waals surface area contributed by atoms with E-state index < -0.39 is 7.82 Å². The van der Waals surface area contributed by atoms with Crippen molar-refractivity contribution >= 4 is 7.82 Å². The van der Waals surface area contributed by atoms with E-state index >= 15 is 0 Å². The summed E-state index contributed by atoms with van der Waals surface area (Å²) in [4.78, 5) is 17.8. The molecular formula is C24H37O4P. The molecule has 0 radical (unpaired) electrons. The maximum atomic E-state index is 10.9. The van der Waals surface area contributed by atoms with Crippen molar-refractivity contribution in [1.82, 2.24) is 0 Å². The van der Waals surface area contributed by atoms with E-state index in [1.165, 1.54) is 11.1 Å². The van der Waals surface area contributed by atoms with Gasteiger partial charge in [-0.15, -0.1) is 0 Å². The molecule has 0 aliphatic carbocycles. The van der Waals surface area contributed by atoms with E-state index in [4.69, 9.17) is 14.3 Å². The van der Waals surface area contributed by atoms with Crippen LogP contribution >= 0.6 is 7.82 Å². The summed E-state index contributed by atoms with van der Waals surface area (Å²) in [6.07, 6.45) is 2.11. The maximum absolute atomic E-state index is 10.9. The van der Waals surface area contributed by atoms with Crippen LogP contribution in [0.3, 0.4) is 0 Å². The normalized spacial score (nSPS) is 13.7. The van der Waals surface area contributed by atoms with Crippen LogP contribution in [0.25, 0.3) is 11.1 Å². The molecule has 2 rings (SSSR count). The van der Waals surface area contributed by atoms with Crippen molar-refractivity contribution < 1.29 is 18.9 Å². The van der Waals surface area contributed by atoms with Crippen LogP contribution in [0, 0.1) is 17.8 Å². The molecule has 2 aromatic rings. The lowest BCUT2D eigenvalue weighted by Crippen LogP contribution is -2.18. The third-order valence-electron chi connectivity index (χ3n) is 4.44. The van der Waals surface area contributed by atoms with Gasteiger partial charge in [0, 0.05) is 0 Å². The molecule has 0 spiro atoms. The van der Waals surface area contributed by atoms with Crippen LogP contribution in [0.15, 0.2) is 60.7 Å². The van der Waals surface area contributed by atoms with Crippen molar-refractivity contribution in [2.24, 2.45) is 17.8 Å². The van der Waals surface area contributed by atoms with Crippen molar-refractivity contribution in [1.29, 1.82) is 0 Å². The fraction of sp³-hybridized carbons (Fsp3) is 0.500. The Hall–Kier alpha value is -1.45. The standard InChI is InChI=1S/C12H27O4P.C12H10/c1-9(2)6-11(5)8-12(7-10(3)4)16-17(13,14)15;1-3-7-11(8-4-1)12-9-5-2-6-10-12/h9-12H,6-8H2,1-5H3,(H2,13,14,15);1-10H. The summed E-state index contributed by atoms with van der Waals surface area (Å²) in [5, 5.41) is 0. The topological polar surface area (TPSA) is 66.8 Å². The number of hydrogen-bond acceptors (Lipinski definition) is 2. The van der Waals surface area contributed by atoms with Crippen molar-refractivity contribution in [2.45, 2.75) is 60.0 Å². The van der Waals surface area contributed by atoms with Gasteiger partial charge < -0.3 is 9.79 Å². The average Bonchev–Trinajstić information content (AvgIpc) is 2.61. The Morgan fingerprint density at radius 2 is 1.14 bits per heavy atom. The highest BCUT2D eigenvalue weighted by atomic mass is 31.2. The molecule has 0 amide bonds. The predicted octanol–water partition coefficient (Wildman–Crippen LogP) is 6.94. The molecule has 0 fully saturated rings. The Morgan fingerprint density at radius 1 is 0.724 bits per heavy atom. The third-order valence-corrected chi connectivity index (χ3v) is 5.01. The fourth-order valence-corrected chi connectivity index (χ4v) is 4.07. The van der Waals surface area contributed by atoms with Crippen LogP contribution < -0.4 is 0 Å². The summed E-state index contributed by atoms with van der Waals surface area (Å²) in [7, 11) is -4.37. The summed E-state index contributed by atoms with van der Waals surface area (Å²) in [5.74, 6) is 1.39. The number of hydrogen-bond donors (Lipinski definition) is 2. The Bertz CT molecular complexity index is 673. The van der Waals surface area contributed by atoms with Crippen molar-refractivity contribution in [3.05, 3.63) is 60.7 Å². The Labute approximate surface area is 176 Å². The minimum atomic E-state index is -4.37. The van der Waals surface area contributed by atoms with Gasteiger partial charge >= 0.3 is 7.82 Å². The van der Waals surface area contributed by atoms with Gasteiger partial charge in [-0.25, -0.2) is 4.57 Å². The SMILES string of the molecule is CC(C)CC(C)CC(CC(C)C)OP(=O)(O)O.c1ccc(-c2ccccc2)cc1. The summed E-state index contributed by atoms with van der Waals surface area (Å²) >= 11 is 0. The molecule has 0 bridgehead atoms. The second kappa shape index (κ2) is 13.0. The quantitative estimate of drug-likeness (QED) is 0.431. The highest BCUT2D eigenvalue weighted by Gasteiger charge is 2.24. The molecule has 162 valence electrons. The first kappa shape index (κ1) is 25.6. The molecule has 0 aliphatic rings. The highest BCUT2D eigenvalue weighted by Crippen LogP contribution is 2.40. The van der Waals surface area contributed by atoms with Gasteiger partial charge in [0.2, 0.25) is 0 Å². The van der Waals surface area contributed by atoms with E-state index in [1.54, 1.807) is 0 Å². The van der Waals surface area contributed by atoms with E-state index in [9.17, 15) is 4.57 Å². The third kappa shape index (κ3) is 12.7. The van der Waals surface area contributed by atoms with E-state index in [2.05, 4.69) is 69.3 Å². The van der Waals surface area contributed by atoms with Crippen LogP contribution in [0.4, 0.5) is 0 Å². The van der Waals surface area contributed by atoms with Crippen LogP contribution in [0.1, 0.15) is 53.9 Å². The average molecular weight is 421 g/mol. The molecule has 0 saturated carbocycles. The molecule has 0 saturated heterocycles. The largest absolute Gasteiger partial charge is 0.469 e. The molecule has 2 unspecified atom stereocenters. The van der Waals surface area contributed by atoms with Gasteiger partial charge in [-0.1, -0.05) is 95.3 Å². The van der Waals surface area contributed by atoms with Crippen molar-refractivity contribution in [3.8, 4) is 11.1 Å². The second-order valence-corrected chi connectivity index (χ2v) is 9.74. The summed E-state index contributed by atoms with van der Waals surface area (Å²) < 4.78 is 15.8. The van der Waals surface area contributed by atoms with Gasteiger partial charge in [-0.2, -0.15) is 0 Å². The summed E-state index contributed by atoms with van der Waals surface area (Å²) in [5.41, 5.74) is 2.55. The minimum absolute atomic E-state index is 0.343. The smallest absolute Gasteiger partial charge is 0.303 e. The van der Waals surface area contributed by atoms with Gasteiger partial charge in [0.05, 0.1) is 6.10 Å². The molecule has 2 atom stereocenters. The van der Waals surface area contributed by atoms with Crippen LogP contribution in [-0.4, -0.2) is 15.9 Å². The molecule has 2 aromatic carbocycles. The molecule has 5 heteroatoms. The molecule has 2 N–H and O–H groups in total. The van der Waals surface area contributed by atoms with Crippen LogP contribution in [0.5, 0.6) is 0 Å². The monoisotopic (exact) mass is 420 g/mol. The summed E-state index contributed by atoms with van der Waals surface area (Å²) in [6, 6.07) is 20.8. The van der Waals surface area contributed by atoms with E-state index in [0.717, 1.165) is 6.42 Å². The number of rotatable bonds is 9. The molecule has 29 heavy (non-hydrogen) atoms. The Morgan fingerprint density at radius 3 is 1.48 bits per heavy atom. The first-order chi connectivity index (χ1) is 13.6.